The van der Waals surface area contributed by atoms with E-state index in [2.05, 4.69) is 15.5 Å². The van der Waals surface area contributed by atoms with Gasteiger partial charge in [-0.1, -0.05) is 6.07 Å². The van der Waals surface area contributed by atoms with Gasteiger partial charge in [0, 0.05) is 18.6 Å². The first kappa shape index (κ1) is 16.7. The van der Waals surface area contributed by atoms with E-state index in [1.165, 1.54) is 17.5 Å². The Bertz CT molecular complexity index is 725. The van der Waals surface area contributed by atoms with Crippen molar-refractivity contribution in [1.29, 1.82) is 0 Å². The standard InChI is InChI=1S/C16H21N5O2S/c1-9(2)19-15(22)12-6-10(17)8-21(12)16(23)11-7-18-20-14(11)13-4-3-5-24-13/h3-5,7,9-10,12H,6,8,17H2,1-2H3,(H,18,20)(H,19,22)/t10-,12-/m0/s1. The second-order valence-electron chi connectivity index (χ2n) is 6.27. The molecule has 2 amide bonds. The first-order valence-corrected chi connectivity index (χ1v) is 8.79. The van der Waals surface area contributed by atoms with Crippen molar-refractivity contribution in [2.24, 2.45) is 5.73 Å². The number of aromatic amines is 1. The van der Waals surface area contributed by atoms with E-state index in [0.717, 1.165) is 4.88 Å². The van der Waals surface area contributed by atoms with E-state index in [4.69, 9.17) is 5.73 Å². The van der Waals surface area contributed by atoms with E-state index in [1.54, 1.807) is 4.90 Å². The highest BCUT2D eigenvalue weighted by molar-refractivity contribution is 7.13. The van der Waals surface area contributed by atoms with Crippen molar-refractivity contribution in [3.8, 4) is 10.6 Å². The first-order valence-electron chi connectivity index (χ1n) is 7.91. The van der Waals surface area contributed by atoms with Gasteiger partial charge in [-0.05, 0) is 31.7 Å². The normalized spacial score (nSPS) is 20.6. The maximum absolute atomic E-state index is 13.0. The van der Waals surface area contributed by atoms with Gasteiger partial charge in [0.2, 0.25) is 5.91 Å². The number of aromatic nitrogens is 2. The second-order valence-corrected chi connectivity index (χ2v) is 7.22. The van der Waals surface area contributed by atoms with Gasteiger partial charge in [-0.2, -0.15) is 5.10 Å². The molecule has 0 aliphatic carbocycles. The molecule has 2 aromatic heterocycles. The number of hydrogen-bond donors (Lipinski definition) is 3. The third-order valence-electron chi connectivity index (χ3n) is 3.97. The third-order valence-corrected chi connectivity index (χ3v) is 4.85. The van der Waals surface area contributed by atoms with Gasteiger partial charge < -0.3 is 16.0 Å². The van der Waals surface area contributed by atoms with Gasteiger partial charge in [-0.15, -0.1) is 11.3 Å². The summed E-state index contributed by atoms with van der Waals surface area (Å²) >= 11 is 1.52. The van der Waals surface area contributed by atoms with Crippen molar-refractivity contribution >= 4 is 23.2 Å². The molecule has 128 valence electrons. The Morgan fingerprint density at radius 1 is 1.50 bits per heavy atom. The molecule has 3 heterocycles. The summed E-state index contributed by atoms with van der Waals surface area (Å²) in [5.74, 6) is -0.378. The summed E-state index contributed by atoms with van der Waals surface area (Å²) in [4.78, 5) is 27.9. The van der Waals surface area contributed by atoms with Gasteiger partial charge in [0.15, 0.2) is 0 Å². The van der Waals surface area contributed by atoms with Gasteiger partial charge in [-0.25, -0.2) is 0 Å². The number of hydrogen-bond acceptors (Lipinski definition) is 5. The molecule has 1 aliphatic rings. The highest BCUT2D eigenvalue weighted by atomic mass is 32.1. The molecule has 24 heavy (non-hydrogen) atoms. The van der Waals surface area contributed by atoms with Crippen molar-refractivity contribution in [1.82, 2.24) is 20.4 Å². The summed E-state index contributed by atoms with van der Waals surface area (Å²) in [5.41, 5.74) is 7.16. The predicted molar refractivity (Wildman–Crippen MR) is 92.6 cm³/mol. The van der Waals surface area contributed by atoms with Gasteiger partial charge in [-0.3, -0.25) is 14.7 Å². The average molecular weight is 347 g/mol. The van der Waals surface area contributed by atoms with Crippen LogP contribution in [-0.4, -0.2) is 51.6 Å². The second kappa shape index (κ2) is 6.74. The lowest BCUT2D eigenvalue weighted by atomic mass is 10.1. The van der Waals surface area contributed by atoms with Crippen LogP contribution in [0.25, 0.3) is 10.6 Å². The van der Waals surface area contributed by atoms with E-state index in [0.29, 0.717) is 24.2 Å². The fourth-order valence-electron chi connectivity index (χ4n) is 2.93. The van der Waals surface area contributed by atoms with Crippen LogP contribution >= 0.6 is 11.3 Å². The molecule has 0 radical (unpaired) electrons. The SMILES string of the molecule is CC(C)NC(=O)[C@@H]1C[C@H](N)CN1C(=O)c1cn[nH]c1-c1cccs1. The Hall–Kier alpha value is -2.19. The van der Waals surface area contributed by atoms with Crippen LogP contribution < -0.4 is 11.1 Å². The summed E-state index contributed by atoms with van der Waals surface area (Å²) in [5, 5.41) is 11.7. The lowest BCUT2D eigenvalue weighted by Crippen LogP contribution is -2.47. The molecule has 0 saturated carbocycles. The quantitative estimate of drug-likeness (QED) is 0.773. The number of carbonyl (C=O) groups excluding carboxylic acids is 2. The summed E-state index contributed by atoms with van der Waals surface area (Å²) in [7, 11) is 0. The molecule has 8 heteroatoms. The molecule has 0 aromatic carbocycles. The minimum Gasteiger partial charge on any atom is -0.352 e. The van der Waals surface area contributed by atoms with E-state index in [9.17, 15) is 9.59 Å². The van der Waals surface area contributed by atoms with Crippen LogP contribution in [0.3, 0.4) is 0 Å². The van der Waals surface area contributed by atoms with Crippen molar-refractivity contribution in [2.75, 3.05) is 6.54 Å². The number of likely N-dealkylation sites (tertiary alicyclic amines) is 1. The molecule has 1 fully saturated rings. The Kier molecular flexibility index (Phi) is 4.68. The number of amides is 2. The maximum Gasteiger partial charge on any atom is 0.258 e. The summed E-state index contributed by atoms with van der Waals surface area (Å²) in [6, 6.07) is 3.12. The predicted octanol–water partition coefficient (Wildman–Crippen LogP) is 1.20. The monoisotopic (exact) mass is 347 g/mol. The molecule has 1 aliphatic heterocycles. The number of rotatable bonds is 4. The van der Waals surface area contributed by atoms with Crippen molar-refractivity contribution in [2.45, 2.75) is 38.4 Å². The van der Waals surface area contributed by atoms with Crippen molar-refractivity contribution in [3.63, 3.8) is 0 Å². The number of nitrogens with two attached hydrogens (primary N) is 1. The molecule has 3 rings (SSSR count). The number of nitrogens with one attached hydrogen (secondary N) is 2. The highest BCUT2D eigenvalue weighted by Gasteiger charge is 2.39. The molecule has 7 nitrogen and oxygen atoms in total. The van der Waals surface area contributed by atoms with Crippen LogP contribution in [0, 0.1) is 0 Å². The van der Waals surface area contributed by atoms with Crippen LogP contribution in [-0.2, 0) is 4.79 Å². The summed E-state index contributed by atoms with van der Waals surface area (Å²) in [6.07, 6.45) is 1.98. The Morgan fingerprint density at radius 3 is 2.96 bits per heavy atom. The molecule has 2 aromatic rings. The molecular weight excluding hydrogens is 326 g/mol. The molecule has 4 N–H and O–H groups in total. The molecule has 0 bridgehead atoms. The van der Waals surface area contributed by atoms with Gasteiger partial charge in [0.05, 0.1) is 22.3 Å². The topological polar surface area (TPSA) is 104 Å². The van der Waals surface area contributed by atoms with Gasteiger partial charge in [0.25, 0.3) is 5.91 Å². The number of H-pyrrole nitrogens is 1. The number of carbonyl (C=O) groups is 2. The Labute approximate surface area is 144 Å². The van der Waals surface area contributed by atoms with Crippen LogP contribution in [0.5, 0.6) is 0 Å². The van der Waals surface area contributed by atoms with E-state index < -0.39 is 6.04 Å². The van der Waals surface area contributed by atoms with E-state index in [1.807, 2.05) is 31.4 Å². The lowest BCUT2D eigenvalue weighted by molar-refractivity contribution is -0.125. The van der Waals surface area contributed by atoms with E-state index >= 15 is 0 Å². The van der Waals surface area contributed by atoms with Gasteiger partial charge >= 0.3 is 0 Å². The fourth-order valence-corrected chi connectivity index (χ4v) is 3.67. The zero-order valence-electron chi connectivity index (χ0n) is 13.7. The van der Waals surface area contributed by atoms with Crippen LogP contribution in [0.1, 0.15) is 30.6 Å². The average Bonchev–Trinajstić information content (AvgIpc) is 3.25. The van der Waals surface area contributed by atoms with Gasteiger partial charge in [0.1, 0.15) is 6.04 Å². The Morgan fingerprint density at radius 2 is 2.29 bits per heavy atom. The number of thiophene rings is 1. The zero-order chi connectivity index (χ0) is 17.3. The molecular formula is C16H21N5O2S. The minimum atomic E-state index is -0.541. The summed E-state index contributed by atoms with van der Waals surface area (Å²) < 4.78 is 0. The minimum absolute atomic E-state index is 0.0156. The zero-order valence-corrected chi connectivity index (χ0v) is 14.5. The van der Waals surface area contributed by atoms with Crippen LogP contribution in [0.15, 0.2) is 23.7 Å². The van der Waals surface area contributed by atoms with Crippen molar-refractivity contribution in [3.05, 3.63) is 29.3 Å². The fraction of sp³-hybridized carbons (Fsp3) is 0.438. The Balaban J connectivity index is 1.86. The smallest absolute Gasteiger partial charge is 0.258 e. The van der Waals surface area contributed by atoms with Crippen molar-refractivity contribution < 1.29 is 9.59 Å². The van der Waals surface area contributed by atoms with Crippen LogP contribution in [0.2, 0.25) is 0 Å². The molecule has 1 saturated heterocycles. The molecule has 2 atom stereocenters. The first-order chi connectivity index (χ1) is 11.5. The molecule has 0 unspecified atom stereocenters. The third kappa shape index (κ3) is 3.20. The summed E-state index contributed by atoms with van der Waals surface area (Å²) in [6.45, 7) is 4.15. The maximum atomic E-state index is 13.0. The largest absolute Gasteiger partial charge is 0.352 e. The van der Waals surface area contributed by atoms with Crippen LogP contribution in [0.4, 0.5) is 0 Å². The number of nitrogens with zero attached hydrogens (tertiary/aromatic N) is 2. The highest BCUT2D eigenvalue weighted by Crippen LogP contribution is 2.28. The van der Waals surface area contributed by atoms with E-state index in [-0.39, 0.29) is 23.9 Å². The lowest BCUT2D eigenvalue weighted by Gasteiger charge is -2.24. The molecule has 0 spiro atoms.